The van der Waals surface area contributed by atoms with Gasteiger partial charge >= 0.3 is 0 Å². The number of fused-ring (bicyclic) bond motifs is 1. The van der Waals surface area contributed by atoms with Crippen molar-refractivity contribution >= 4 is 51.1 Å². The van der Waals surface area contributed by atoms with Crippen molar-refractivity contribution in [3.8, 4) is 0 Å². The lowest BCUT2D eigenvalue weighted by Gasteiger charge is -2.31. The summed E-state index contributed by atoms with van der Waals surface area (Å²) in [7, 11) is 4.17. The summed E-state index contributed by atoms with van der Waals surface area (Å²) in [5.41, 5.74) is 0. The summed E-state index contributed by atoms with van der Waals surface area (Å²) in [6, 6.07) is -3.09. The van der Waals surface area contributed by atoms with Gasteiger partial charge in [-0.3, -0.25) is 24.0 Å². The molecule has 5 amide bonds. The highest BCUT2D eigenvalue weighted by Gasteiger charge is 2.39. The zero-order chi connectivity index (χ0) is 23.8. The molecule has 32 heavy (non-hydrogen) atoms. The Labute approximate surface area is 196 Å². The molecule has 2 heterocycles. The SMILES string of the molecule is CNC(=O)[C@@H]1CSSC[C@H](NC(C)=O)C(=O)N2CCC[C@H]2C(=O)N[C@@H](CC(C)C)C(=O)N1. The van der Waals surface area contributed by atoms with Gasteiger partial charge in [-0.05, 0) is 25.2 Å². The molecule has 2 fully saturated rings. The monoisotopic (exact) mass is 487 g/mol. The zero-order valence-electron chi connectivity index (χ0n) is 18.9. The minimum absolute atomic E-state index is 0.124. The lowest BCUT2D eigenvalue weighted by atomic mass is 10.0. The molecule has 2 aliphatic heterocycles. The van der Waals surface area contributed by atoms with Crippen LogP contribution in [0.2, 0.25) is 0 Å². The number of hydrogen-bond acceptors (Lipinski definition) is 7. The van der Waals surface area contributed by atoms with Gasteiger partial charge in [-0.15, -0.1) is 0 Å². The summed E-state index contributed by atoms with van der Waals surface area (Å²) in [6.45, 7) is 5.65. The first-order chi connectivity index (χ1) is 15.1. The Morgan fingerprint density at radius 1 is 1.12 bits per heavy atom. The molecule has 4 atom stereocenters. The maximum atomic E-state index is 13.2. The molecule has 0 aliphatic carbocycles. The molecule has 4 N–H and O–H groups in total. The molecule has 0 radical (unpaired) electrons. The molecular formula is C20H33N5O5S2. The quantitative estimate of drug-likeness (QED) is 0.398. The molecule has 2 aliphatic rings. The minimum Gasteiger partial charge on any atom is -0.357 e. The largest absolute Gasteiger partial charge is 0.357 e. The fraction of sp³-hybridized carbons (Fsp3) is 0.750. The molecule has 0 aromatic carbocycles. The van der Waals surface area contributed by atoms with Crippen LogP contribution in [0.1, 0.15) is 40.0 Å². The van der Waals surface area contributed by atoms with Crippen molar-refractivity contribution in [3.05, 3.63) is 0 Å². The molecule has 0 spiro atoms. The number of amides is 5. The second-order valence-electron chi connectivity index (χ2n) is 8.38. The third kappa shape index (κ3) is 7.29. The maximum absolute atomic E-state index is 13.2. The fourth-order valence-corrected chi connectivity index (χ4v) is 6.07. The Kier molecular flexibility index (Phi) is 10.1. The second-order valence-corrected chi connectivity index (χ2v) is 10.9. The number of carbonyl (C=O) groups is 5. The van der Waals surface area contributed by atoms with Crippen molar-refractivity contribution in [2.75, 3.05) is 25.1 Å². The summed E-state index contributed by atoms with van der Waals surface area (Å²) in [6.07, 6.45) is 1.55. The van der Waals surface area contributed by atoms with Gasteiger partial charge in [-0.25, -0.2) is 0 Å². The summed E-state index contributed by atoms with van der Waals surface area (Å²) in [4.78, 5) is 64.7. The van der Waals surface area contributed by atoms with E-state index in [-0.39, 0.29) is 35.1 Å². The maximum Gasteiger partial charge on any atom is 0.246 e. The summed E-state index contributed by atoms with van der Waals surface area (Å²) < 4.78 is 0. The molecule has 0 aromatic rings. The third-order valence-electron chi connectivity index (χ3n) is 5.29. The standard InChI is InChI=1S/C20H33N5O5S2/c1-11(2)8-13-18(28)24-14(17(27)21-4)9-31-32-10-15(22-12(3)26)20(30)25-7-5-6-16(25)19(29)23-13/h11,13-16H,5-10H2,1-4H3,(H,21,27)(H,22,26)(H,23,29)(H,24,28)/t13-,14-,15-,16-/m0/s1. The number of likely N-dealkylation sites (N-methyl/N-ethyl adjacent to an activating group) is 1. The zero-order valence-corrected chi connectivity index (χ0v) is 20.6. The number of nitrogens with one attached hydrogen (secondary N) is 4. The lowest BCUT2D eigenvalue weighted by Crippen LogP contribution is -2.58. The first kappa shape index (κ1) is 26.3. The average molecular weight is 488 g/mol. The molecule has 180 valence electrons. The van der Waals surface area contributed by atoms with Crippen LogP contribution in [0.5, 0.6) is 0 Å². The van der Waals surface area contributed by atoms with Gasteiger partial charge in [0.1, 0.15) is 24.2 Å². The van der Waals surface area contributed by atoms with Gasteiger partial charge in [0.25, 0.3) is 0 Å². The normalized spacial score (nSPS) is 27.8. The summed E-state index contributed by atoms with van der Waals surface area (Å²) in [5.74, 6) is -1.13. The first-order valence-electron chi connectivity index (χ1n) is 10.8. The summed E-state index contributed by atoms with van der Waals surface area (Å²) in [5, 5.41) is 10.8. The van der Waals surface area contributed by atoms with Crippen LogP contribution in [0.4, 0.5) is 0 Å². The lowest BCUT2D eigenvalue weighted by molar-refractivity contribution is -0.141. The van der Waals surface area contributed by atoms with Gasteiger partial charge < -0.3 is 26.2 Å². The molecule has 2 saturated heterocycles. The Balaban J connectivity index is 2.33. The van der Waals surface area contributed by atoms with E-state index in [1.54, 1.807) is 0 Å². The Morgan fingerprint density at radius 2 is 1.81 bits per heavy atom. The van der Waals surface area contributed by atoms with Gasteiger partial charge in [-0.2, -0.15) is 0 Å². The molecule has 2 rings (SSSR count). The van der Waals surface area contributed by atoms with Gasteiger partial charge in [0.15, 0.2) is 0 Å². The second kappa shape index (κ2) is 12.3. The van der Waals surface area contributed by atoms with Gasteiger partial charge in [0, 0.05) is 32.0 Å². The third-order valence-corrected chi connectivity index (χ3v) is 7.71. The van der Waals surface area contributed by atoms with E-state index in [1.165, 1.54) is 40.5 Å². The predicted molar refractivity (Wildman–Crippen MR) is 125 cm³/mol. The van der Waals surface area contributed by atoms with Crippen molar-refractivity contribution in [1.82, 2.24) is 26.2 Å². The van der Waals surface area contributed by atoms with Crippen LogP contribution in [0.25, 0.3) is 0 Å². The van der Waals surface area contributed by atoms with Crippen LogP contribution in [0.15, 0.2) is 0 Å². The van der Waals surface area contributed by atoms with E-state index in [4.69, 9.17) is 0 Å². The van der Waals surface area contributed by atoms with E-state index >= 15 is 0 Å². The van der Waals surface area contributed by atoms with Crippen LogP contribution in [-0.2, 0) is 24.0 Å². The van der Waals surface area contributed by atoms with E-state index in [2.05, 4.69) is 21.3 Å². The highest BCUT2D eigenvalue weighted by atomic mass is 33.1. The van der Waals surface area contributed by atoms with E-state index in [0.717, 1.165) is 0 Å². The van der Waals surface area contributed by atoms with Crippen molar-refractivity contribution < 1.29 is 24.0 Å². The molecule has 0 saturated carbocycles. The Bertz CT molecular complexity index is 735. The van der Waals surface area contributed by atoms with Crippen molar-refractivity contribution in [1.29, 1.82) is 0 Å². The van der Waals surface area contributed by atoms with Crippen molar-refractivity contribution in [3.63, 3.8) is 0 Å². The van der Waals surface area contributed by atoms with Crippen molar-refractivity contribution in [2.45, 2.75) is 64.2 Å². The molecular weight excluding hydrogens is 454 g/mol. The van der Waals surface area contributed by atoms with E-state index in [0.29, 0.717) is 25.8 Å². The molecule has 12 heteroatoms. The number of carbonyl (C=O) groups excluding carboxylic acids is 5. The van der Waals surface area contributed by atoms with Gasteiger partial charge in [-0.1, -0.05) is 35.4 Å². The Hall–Kier alpha value is -1.95. The van der Waals surface area contributed by atoms with Crippen molar-refractivity contribution in [2.24, 2.45) is 5.92 Å². The topological polar surface area (TPSA) is 137 Å². The molecule has 0 aromatic heterocycles. The smallest absolute Gasteiger partial charge is 0.246 e. The van der Waals surface area contributed by atoms with Gasteiger partial charge in [0.05, 0.1) is 0 Å². The summed E-state index contributed by atoms with van der Waals surface area (Å²) >= 11 is 0. The molecule has 0 unspecified atom stereocenters. The van der Waals surface area contributed by atoms with E-state index < -0.39 is 36.0 Å². The first-order valence-corrected chi connectivity index (χ1v) is 13.3. The van der Waals surface area contributed by atoms with Crippen LogP contribution >= 0.6 is 21.6 Å². The van der Waals surface area contributed by atoms with Crippen LogP contribution in [0.3, 0.4) is 0 Å². The van der Waals surface area contributed by atoms with Crippen LogP contribution in [-0.4, -0.2) is 83.7 Å². The Morgan fingerprint density at radius 3 is 2.44 bits per heavy atom. The van der Waals surface area contributed by atoms with Crippen LogP contribution in [0, 0.1) is 5.92 Å². The highest BCUT2D eigenvalue weighted by Crippen LogP contribution is 2.26. The van der Waals surface area contributed by atoms with E-state index in [9.17, 15) is 24.0 Å². The number of nitrogens with zero attached hydrogens (tertiary/aromatic N) is 1. The van der Waals surface area contributed by atoms with Crippen LogP contribution < -0.4 is 21.3 Å². The average Bonchev–Trinajstić information content (AvgIpc) is 3.22. The molecule has 10 nitrogen and oxygen atoms in total. The highest BCUT2D eigenvalue weighted by molar-refractivity contribution is 8.76. The number of rotatable bonds is 4. The minimum atomic E-state index is -0.820. The molecule has 0 bridgehead atoms. The number of hydrogen-bond donors (Lipinski definition) is 4. The van der Waals surface area contributed by atoms with Gasteiger partial charge in [0.2, 0.25) is 29.5 Å². The van der Waals surface area contributed by atoms with E-state index in [1.807, 2.05) is 13.8 Å². The fourth-order valence-electron chi connectivity index (χ4n) is 3.76. The predicted octanol–water partition coefficient (Wildman–Crippen LogP) is -0.361.